The van der Waals surface area contributed by atoms with Gasteiger partial charge in [-0.1, -0.05) is 88.6 Å². The zero-order chi connectivity index (χ0) is 25.8. The summed E-state index contributed by atoms with van der Waals surface area (Å²) in [6, 6.07) is 0. The molecule has 2 rings (SSSR count). The second-order valence-electron chi connectivity index (χ2n) is 9.18. The van der Waals surface area contributed by atoms with Crippen LogP contribution in [0.3, 0.4) is 0 Å². The number of allylic oxidation sites excluding steroid dienone is 2. The molecule has 0 saturated heterocycles. The van der Waals surface area contributed by atoms with Crippen molar-refractivity contribution in [3.8, 4) is 5.88 Å². The molecule has 0 fully saturated rings. The average Bonchev–Trinajstić information content (AvgIpc) is 3.20. The minimum Gasteiger partial charge on any atom is -0.476 e. The van der Waals surface area contributed by atoms with E-state index in [2.05, 4.69) is 34.1 Å². The fraction of sp³-hybridized carbons (Fsp3) is 0.714. The second-order valence-corrected chi connectivity index (χ2v) is 10.1. The maximum absolute atomic E-state index is 11.7. The van der Waals surface area contributed by atoms with E-state index in [-0.39, 0.29) is 11.7 Å². The Morgan fingerprint density at radius 2 is 1.53 bits per heavy atom. The first-order valence-corrected chi connectivity index (χ1v) is 14.9. The van der Waals surface area contributed by atoms with Crippen molar-refractivity contribution in [3.05, 3.63) is 18.5 Å². The highest BCUT2D eigenvalue weighted by molar-refractivity contribution is 8.00. The molecule has 0 spiro atoms. The van der Waals surface area contributed by atoms with Crippen molar-refractivity contribution in [2.24, 2.45) is 7.05 Å². The summed E-state index contributed by atoms with van der Waals surface area (Å²) >= 11 is 1.31. The molecule has 2 heterocycles. The zero-order valence-electron chi connectivity index (χ0n) is 22.7. The summed E-state index contributed by atoms with van der Waals surface area (Å²) < 4.78 is 12.7. The number of aryl methyl sites for hydroxylation is 1. The molecule has 36 heavy (non-hydrogen) atoms. The van der Waals surface area contributed by atoms with Crippen molar-refractivity contribution >= 4 is 28.8 Å². The smallest absolute Gasteiger partial charge is 0.316 e. The number of carbonyl (C=O) groups excluding carboxylic acids is 1. The molecule has 202 valence electrons. The molecule has 0 atom stereocenters. The van der Waals surface area contributed by atoms with Crippen LogP contribution < -0.4 is 4.74 Å². The summed E-state index contributed by atoms with van der Waals surface area (Å²) in [5.41, 5.74) is 1.34. The number of rotatable bonds is 21. The second kappa shape index (κ2) is 19.1. The Kier molecular flexibility index (Phi) is 16.0. The van der Waals surface area contributed by atoms with Crippen LogP contribution in [0.4, 0.5) is 0 Å². The first kappa shape index (κ1) is 30.1. The standard InChI is InChI=1S/C28H46N4O3S/c1-4-6-7-8-9-10-11-12-13-14-15-16-17-18-19-20-21-35-28-26-25(31-32(28)3)27(30-23-29-26)36-22-24(33)34-5-2/h10-11,23H,4-9,12-22H2,1-3H3/b11-10+. The predicted octanol–water partition coefficient (Wildman–Crippen LogP) is 7.43. The van der Waals surface area contributed by atoms with E-state index >= 15 is 0 Å². The summed E-state index contributed by atoms with van der Waals surface area (Å²) in [7, 11) is 1.85. The molecule has 0 bridgehead atoms. The lowest BCUT2D eigenvalue weighted by molar-refractivity contribution is -0.139. The van der Waals surface area contributed by atoms with Crippen LogP contribution in [0, 0.1) is 0 Å². The van der Waals surface area contributed by atoms with Gasteiger partial charge in [-0.15, -0.1) is 0 Å². The number of fused-ring (bicyclic) bond motifs is 1. The third-order valence-electron chi connectivity index (χ3n) is 6.06. The van der Waals surface area contributed by atoms with Crippen LogP contribution in [0.1, 0.15) is 104 Å². The van der Waals surface area contributed by atoms with Crippen molar-refractivity contribution in [2.45, 2.75) is 109 Å². The van der Waals surface area contributed by atoms with Gasteiger partial charge in [0, 0.05) is 7.05 Å². The Balaban J connectivity index is 1.55. The number of hydrogen-bond donors (Lipinski definition) is 0. The molecule has 2 aromatic rings. The molecule has 0 aliphatic heterocycles. The maximum atomic E-state index is 11.7. The zero-order valence-corrected chi connectivity index (χ0v) is 23.5. The molecule has 0 aliphatic carbocycles. The molecule has 0 unspecified atom stereocenters. The van der Waals surface area contributed by atoms with Crippen LogP contribution >= 0.6 is 11.8 Å². The Labute approximate surface area is 221 Å². The number of nitrogens with zero attached hydrogens (tertiary/aromatic N) is 4. The summed E-state index contributed by atoms with van der Waals surface area (Å²) in [5, 5.41) is 5.19. The van der Waals surface area contributed by atoms with Crippen molar-refractivity contribution in [2.75, 3.05) is 19.0 Å². The lowest BCUT2D eigenvalue weighted by Gasteiger charge is -2.06. The molecule has 0 aliphatic rings. The minimum absolute atomic E-state index is 0.197. The highest BCUT2D eigenvalue weighted by Crippen LogP contribution is 2.29. The van der Waals surface area contributed by atoms with Crippen LogP contribution in [-0.4, -0.2) is 44.7 Å². The molecule has 2 aromatic heterocycles. The van der Waals surface area contributed by atoms with E-state index in [0.29, 0.717) is 35.2 Å². The number of carbonyl (C=O) groups is 1. The van der Waals surface area contributed by atoms with E-state index in [1.807, 2.05) is 7.05 Å². The topological polar surface area (TPSA) is 79.1 Å². The summed E-state index contributed by atoms with van der Waals surface area (Å²) in [6.45, 7) is 5.08. The molecule has 0 N–H and O–H groups in total. The van der Waals surface area contributed by atoms with Crippen LogP contribution in [0.25, 0.3) is 11.0 Å². The van der Waals surface area contributed by atoms with Crippen molar-refractivity contribution < 1.29 is 14.3 Å². The van der Waals surface area contributed by atoms with Gasteiger partial charge < -0.3 is 9.47 Å². The van der Waals surface area contributed by atoms with Gasteiger partial charge in [0.05, 0.1) is 19.0 Å². The number of hydrogen-bond acceptors (Lipinski definition) is 7. The molecular formula is C28H46N4O3S. The van der Waals surface area contributed by atoms with Gasteiger partial charge in [0.15, 0.2) is 5.52 Å². The molecule has 0 aromatic carbocycles. The van der Waals surface area contributed by atoms with Crippen LogP contribution in [0.5, 0.6) is 5.88 Å². The number of ether oxygens (including phenoxy) is 2. The van der Waals surface area contributed by atoms with Gasteiger partial charge in [0.1, 0.15) is 16.9 Å². The third-order valence-corrected chi connectivity index (χ3v) is 7.01. The van der Waals surface area contributed by atoms with Gasteiger partial charge in [0.2, 0.25) is 5.88 Å². The molecule has 8 heteroatoms. The maximum Gasteiger partial charge on any atom is 0.316 e. The quantitative estimate of drug-likeness (QED) is 0.0558. The predicted molar refractivity (Wildman–Crippen MR) is 149 cm³/mol. The van der Waals surface area contributed by atoms with E-state index in [9.17, 15) is 4.79 Å². The van der Waals surface area contributed by atoms with Crippen molar-refractivity contribution in [1.82, 2.24) is 19.7 Å². The SMILES string of the molecule is CCCCCC/C=C/CCCCCCCCCCOc1c2ncnc(SCC(=O)OCC)c2nn1C. The fourth-order valence-electron chi connectivity index (χ4n) is 4.07. The lowest BCUT2D eigenvalue weighted by atomic mass is 10.1. The van der Waals surface area contributed by atoms with Crippen LogP contribution in [0.2, 0.25) is 0 Å². The molecule has 0 saturated carbocycles. The highest BCUT2D eigenvalue weighted by atomic mass is 32.2. The number of esters is 1. The van der Waals surface area contributed by atoms with Gasteiger partial charge in [-0.3, -0.25) is 4.79 Å². The Hall–Kier alpha value is -2.09. The first-order valence-electron chi connectivity index (χ1n) is 13.9. The highest BCUT2D eigenvalue weighted by Gasteiger charge is 2.17. The van der Waals surface area contributed by atoms with Gasteiger partial charge in [-0.2, -0.15) is 5.10 Å². The summed E-state index contributed by atoms with van der Waals surface area (Å²) in [6.07, 6.45) is 24.3. The Bertz CT molecular complexity index is 900. The van der Waals surface area contributed by atoms with Gasteiger partial charge in [-0.25, -0.2) is 14.6 Å². The molecule has 0 amide bonds. The first-order chi connectivity index (χ1) is 17.7. The molecular weight excluding hydrogens is 472 g/mol. The van der Waals surface area contributed by atoms with E-state index in [1.54, 1.807) is 11.6 Å². The van der Waals surface area contributed by atoms with Gasteiger partial charge in [-0.05, 0) is 39.0 Å². The lowest BCUT2D eigenvalue weighted by Crippen LogP contribution is -2.06. The Morgan fingerprint density at radius 1 is 0.889 bits per heavy atom. The minimum atomic E-state index is -0.262. The van der Waals surface area contributed by atoms with E-state index in [0.717, 1.165) is 6.42 Å². The Morgan fingerprint density at radius 3 is 2.19 bits per heavy atom. The van der Waals surface area contributed by atoms with Crippen LogP contribution in [0.15, 0.2) is 23.5 Å². The van der Waals surface area contributed by atoms with E-state index in [4.69, 9.17) is 9.47 Å². The van der Waals surface area contributed by atoms with Crippen LogP contribution in [-0.2, 0) is 16.6 Å². The number of aromatic nitrogens is 4. The molecule has 7 nitrogen and oxygen atoms in total. The summed E-state index contributed by atoms with van der Waals surface area (Å²) in [4.78, 5) is 20.3. The van der Waals surface area contributed by atoms with E-state index < -0.39 is 0 Å². The normalized spacial score (nSPS) is 11.5. The monoisotopic (exact) mass is 518 g/mol. The number of thioether (sulfide) groups is 1. The fourth-order valence-corrected chi connectivity index (χ4v) is 4.81. The van der Waals surface area contributed by atoms with E-state index in [1.165, 1.54) is 102 Å². The largest absolute Gasteiger partial charge is 0.476 e. The van der Waals surface area contributed by atoms with Gasteiger partial charge in [0.25, 0.3) is 0 Å². The number of unbranched alkanes of at least 4 members (excludes halogenated alkanes) is 12. The summed E-state index contributed by atoms with van der Waals surface area (Å²) in [5.74, 6) is 0.589. The van der Waals surface area contributed by atoms with Crippen molar-refractivity contribution in [3.63, 3.8) is 0 Å². The van der Waals surface area contributed by atoms with Gasteiger partial charge >= 0.3 is 5.97 Å². The van der Waals surface area contributed by atoms with Crippen molar-refractivity contribution in [1.29, 1.82) is 0 Å². The third kappa shape index (κ3) is 11.8. The average molecular weight is 519 g/mol. The molecule has 0 radical (unpaired) electrons.